The fraction of sp³-hybridized carbons (Fsp3) is 0.946. The lowest BCUT2D eigenvalue weighted by Crippen LogP contribution is -2.61. The standard InChI is InChI=1S/C37H67NO13/c1-14-25-37(10,45)30(41)20(4)27(39)18(2)16-35(8,44)32(51-34-28(40)24(38(11)12)15-19(3)47-34)21(5)29(22(6)33(43)49-25)50-26-17-36(9,46-13)31(42)23(7)48-26/h18-26,28-32,34,40-42,44-45H,14-17H2,1-13H3/t18-,19?,20+,21+,22-,23?,24?,25?,26+,28?,29+,30-,31+,32-,34+,35-,36?,37-/m1/s1. The predicted molar refractivity (Wildman–Crippen MR) is 186 cm³/mol. The van der Waals surface area contributed by atoms with Gasteiger partial charge in [-0.05, 0) is 74.9 Å². The van der Waals surface area contributed by atoms with E-state index in [4.69, 9.17) is 28.4 Å². The van der Waals surface area contributed by atoms with Crippen LogP contribution in [0, 0.1) is 23.7 Å². The Kier molecular flexibility index (Phi) is 14.7. The lowest BCUT2D eigenvalue weighted by Gasteiger charge is -2.49. The molecule has 3 heterocycles. The van der Waals surface area contributed by atoms with E-state index in [2.05, 4.69) is 0 Å². The van der Waals surface area contributed by atoms with Crippen LogP contribution in [0.3, 0.4) is 0 Å². The number of Topliss-reactive ketones (excluding diaryl/α,β-unsaturated/α-hetero) is 1. The summed E-state index contributed by atoms with van der Waals surface area (Å²) in [7, 11) is 5.18. The Balaban J connectivity index is 2.18. The van der Waals surface area contributed by atoms with E-state index in [-0.39, 0.29) is 31.4 Å². The van der Waals surface area contributed by atoms with Gasteiger partial charge >= 0.3 is 5.97 Å². The van der Waals surface area contributed by atoms with Crippen molar-refractivity contribution in [3.05, 3.63) is 0 Å². The summed E-state index contributed by atoms with van der Waals surface area (Å²) < 4.78 is 37.1. The van der Waals surface area contributed by atoms with Crippen LogP contribution in [0.25, 0.3) is 0 Å². The van der Waals surface area contributed by atoms with Crippen molar-refractivity contribution in [1.29, 1.82) is 0 Å². The van der Waals surface area contributed by atoms with Gasteiger partial charge in [0.25, 0.3) is 0 Å². The number of carbonyl (C=O) groups is 2. The van der Waals surface area contributed by atoms with Gasteiger partial charge in [0, 0.05) is 37.3 Å². The monoisotopic (exact) mass is 733 g/mol. The van der Waals surface area contributed by atoms with Crippen LogP contribution >= 0.6 is 0 Å². The Bertz CT molecular complexity index is 1170. The van der Waals surface area contributed by atoms with Gasteiger partial charge in [-0.1, -0.05) is 27.7 Å². The lowest BCUT2D eigenvalue weighted by atomic mass is 9.74. The molecule has 0 saturated carbocycles. The zero-order valence-corrected chi connectivity index (χ0v) is 32.9. The van der Waals surface area contributed by atoms with Crippen LogP contribution in [0.4, 0.5) is 0 Å². The molecule has 0 aliphatic carbocycles. The maximum atomic E-state index is 14.1. The van der Waals surface area contributed by atoms with E-state index in [1.807, 2.05) is 25.9 Å². The van der Waals surface area contributed by atoms with Crippen molar-refractivity contribution in [1.82, 2.24) is 4.90 Å². The summed E-state index contributed by atoms with van der Waals surface area (Å²) in [6.45, 7) is 16.3. The minimum absolute atomic E-state index is 0.0936. The number of cyclic esters (lactones) is 1. The largest absolute Gasteiger partial charge is 0.459 e. The Labute approximate surface area is 304 Å². The third-order valence-electron chi connectivity index (χ3n) is 11.8. The Morgan fingerprint density at radius 1 is 0.882 bits per heavy atom. The van der Waals surface area contributed by atoms with E-state index in [1.165, 1.54) is 27.9 Å². The number of ether oxygens (including phenoxy) is 6. The van der Waals surface area contributed by atoms with E-state index in [0.29, 0.717) is 6.42 Å². The van der Waals surface area contributed by atoms with Crippen LogP contribution in [0.2, 0.25) is 0 Å². The zero-order chi connectivity index (χ0) is 39.0. The number of aliphatic hydroxyl groups excluding tert-OH is 3. The van der Waals surface area contributed by atoms with Gasteiger partial charge in [0.2, 0.25) is 0 Å². The number of carbonyl (C=O) groups excluding carboxylic acids is 2. The number of aliphatic hydroxyl groups is 5. The number of hydrogen-bond acceptors (Lipinski definition) is 14. The number of rotatable bonds is 7. The lowest BCUT2D eigenvalue weighted by molar-refractivity contribution is -0.318. The SMILES string of the molecule is CCC1OC(=O)[C@H](C)[C@@H](O[C@H]2CC(C)(OC)[C@@H](O)C(C)O2)[C@H](C)[C@@H](O[C@@H]2OC(C)CC(N(C)C)C2O)[C@](C)(O)C[C@@H](C)C(=O)[C@H](C)[C@@H](O)[C@]1(C)O. The van der Waals surface area contributed by atoms with Crippen molar-refractivity contribution in [2.24, 2.45) is 23.7 Å². The van der Waals surface area contributed by atoms with Crippen molar-refractivity contribution >= 4 is 11.8 Å². The Hall–Kier alpha value is -1.30. The van der Waals surface area contributed by atoms with Crippen molar-refractivity contribution in [2.45, 2.75) is 179 Å². The van der Waals surface area contributed by atoms with E-state index >= 15 is 0 Å². The van der Waals surface area contributed by atoms with E-state index in [1.54, 1.807) is 41.5 Å². The molecule has 3 saturated heterocycles. The highest BCUT2D eigenvalue weighted by Gasteiger charge is 2.53. The van der Waals surface area contributed by atoms with Gasteiger partial charge < -0.3 is 58.9 Å². The maximum absolute atomic E-state index is 14.1. The van der Waals surface area contributed by atoms with E-state index < -0.39 is 108 Å². The summed E-state index contributed by atoms with van der Waals surface area (Å²) >= 11 is 0. The molecule has 3 rings (SSSR count). The second-order valence-electron chi connectivity index (χ2n) is 16.5. The van der Waals surface area contributed by atoms with Gasteiger partial charge in [0.05, 0.1) is 47.6 Å². The first kappa shape index (κ1) is 44.1. The normalized spacial score (nSPS) is 49.7. The van der Waals surface area contributed by atoms with Gasteiger partial charge in [-0.15, -0.1) is 0 Å². The smallest absolute Gasteiger partial charge is 0.311 e. The van der Waals surface area contributed by atoms with Crippen molar-refractivity contribution in [2.75, 3.05) is 21.2 Å². The number of likely N-dealkylation sites (N-methyl/N-ethyl adjacent to an activating group) is 1. The molecule has 18 atom stereocenters. The molecule has 0 aromatic rings. The number of esters is 1. The van der Waals surface area contributed by atoms with Gasteiger partial charge in [-0.2, -0.15) is 0 Å². The van der Waals surface area contributed by atoms with Crippen LogP contribution in [-0.4, -0.2) is 148 Å². The molecular weight excluding hydrogens is 666 g/mol. The van der Waals surface area contributed by atoms with Gasteiger partial charge in [0.15, 0.2) is 12.6 Å². The van der Waals surface area contributed by atoms with E-state index in [9.17, 15) is 35.1 Å². The molecule has 14 nitrogen and oxygen atoms in total. The summed E-state index contributed by atoms with van der Waals surface area (Å²) in [5.41, 5.74) is -4.84. The average molecular weight is 734 g/mol. The maximum Gasteiger partial charge on any atom is 0.311 e. The molecule has 298 valence electrons. The molecule has 0 radical (unpaired) electrons. The molecular formula is C37H67NO13. The molecule has 14 heteroatoms. The Morgan fingerprint density at radius 3 is 2.04 bits per heavy atom. The molecule has 6 unspecified atom stereocenters. The second kappa shape index (κ2) is 17.0. The van der Waals surface area contributed by atoms with Crippen LogP contribution in [0.1, 0.15) is 94.9 Å². The molecule has 51 heavy (non-hydrogen) atoms. The topological polar surface area (TPSA) is 194 Å². The number of methoxy groups -OCH3 is 1. The Morgan fingerprint density at radius 2 is 1.49 bits per heavy atom. The molecule has 0 bridgehead atoms. The second-order valence-corrected chi connectivity index (χ2v) is 16.5. The van der Waals surface area contributed by atoms with Crippen molar-refractivity contribution in [3.8, 4) is 0 Å². The molecule has 3 aliphatic rings. The molecule has 0 spiro atoms. The van der Waals surface area contributed by atoms with Gasteiger partial charge in [-0.25, -0.2) is 0 Å². The summed E-state index contributed by atoms with van der Waals surface area (Å²) in [6.07, 6.45) is -9.71. The number of ketones is 1. The molecule has 5 N–H and O–H groups in total. The molecule has 3 aliphatic heterocycles. The van der Waals surface area contributed by atoms with Gasteiger partial charge in [-0.3, -0.25) is 9.59 Å². The highest BCUT2D eigenvalue weighted by Crippen LogP contribution is 2.40. The number of nitrogens with zero attached hydrogens (tertiary/aromatic N) is 1. The molecule has 0 amide bonds. The quantitative estimate of drug-likeness (QED) is 0.238. The fourth-order valence-electron chi connectivity index (χ4n) is 8.41. The molecule has 0 aromatic heterocycles. The molecule has 3 fully saturated rings. The molecule has 0 aromatic carbocycles. The average Bonchev–Trinajstić information content (AvgIpc) is 3.05. The highest BCUT2D eigenvalue weighted by molar-refractivity contribution is 5.83. The van der Waals surface area contributed by atoms with E-state index in [0.717, 1.165) is 0 Å². The van der Waals surface area contributed by atoms with Crippen molar-refractivity contribution in [3.63, 3.8) is 0 Å². The summed E-state index contributed by atoms with van der Waals surface area (Å²) in [5.74, 6) is -4.98. The minimum Gasteiger partial charge on any atom is -0.459 e. The van der Waals surface area contributed by atoms with Gasteiger partial charge in [0.1, 0.15) is 29.7 Å². The minimum atomic E-state index is -1.99. The first-order valence-electron chi connectivity index (χ1n) is 18.5. The van der Waals surface area contributed by atoms with Crippen LogP contribution in [0.15, 0.2) is 0 Å². The van der Waals surface area contributed by atoms with Crippen LogP contribution in [0.5, 0.6) is 0 Å². The zero-order valence-electron chi connectivity index (χ0n) is 32.9. The summed E-state index contributed by atoms with van der Waals surface area (Å²) in [5, 5.41) is 57.6. The summed E-state index contributed by atoms with van der Waals surface area (Å²) in [6, 6.07) is -0.324. The first-order chi connectivity index (χ1) is 23.4. The fourth-order valence-corrected chi connectivity index (χ4v) is 8.41. The first-order valence-corrected chi connectivity index (χ1v) is 18.5. The highest BCUT2D eigenvalue weighted by atomic mass is 16.7. The van der Waals surface area contributed by atoms with Crippen LogP contribution < -0.4 is 0 Å². The third-order valence-corrected chi connectivity index (χ3v) is 11.8. The van der Waals surface area contributed by atoms with Crippen molar-refractivity contribution < 1.29 is 63.5 Å². The summed E-state index contributed by atoms with van der Waals surface area (Å²) in [4.78, 5) is 29.8. The predicted octanol–water partition coefficient (Wildman–Crippen LogP) is 1.79. The number of hydrogen-bond donors (Lipinski definition) is 5. The third kappa shape index (κ3) is 9.51. The van der Waals surface area contributed by atoms with Crippen LogP contribution in [-0.2, 0) is 38.0 Å².